The summed E-state index contributed by atoms with van der Waals surface area (Å²) < 4.78 is 39.2. The van der Waals surface area contributed by atoms with Crippen molar-refractivity contribution >= 4 is 21.7 Å². The van der Waals surface area contributed by atoms with Gasteiger partial charge in [-0.05, 0) is 24.3 Å². The van der Waals surface area contributed by atoms with Crippen LogP contribution in [0.1, 0.15) is 12.8 Å². The summed E-state index contributed by atoms with van der Waals surface area (Å²) in [5.74, 6) is 0.484. The molecule has 2 aromatic rings. The standard InChI is InChI=1S/C21H25N3O5S/c1-28-18-8-5-9-19(16-18)30(26,27)24-14-15-29-21(24)10-12-23(13-11-21)20(25)22-17-6-3-2-4-7-17/h2-9,16H,10-15H2,1H3,(H,22,25). The average Bonchev–Trinajstić information content (AvgIpc) is 3.18. The number of hydrogen-bond donors (Lipinski definition) is 1. The van der Waals surface area contributed by atoms with E-state index in [4.69, 9.17) is 9.47 Å². The minimum atomic E-state index is -3.76. The van der Waals surface area contributed by atoms with Crippen LogP contribution in [-0.4, -0.2) is 62.7 Å². The summed E-state index contributed by atoms with van der Waals surface area (Å²) in [5, 5.41) is 2.87. The summed E-state index contributed by atoms with van der Waals surface area (Å²) in [6, 6.07) is 15.5. The highest BCUT2D eigenvalue weighted by atomic mass is 32.2. The maximum Gasteiger partial charge on any atom is 0.321 e. The van der Waals surface area contributed by atoms with Gasteiger partial charge in [-0.3, -0.25) is 0 Å². The summed E-state index contributed by atoms with van der Waals surface area (Å²) in [7, 11) is -2.25. The Kier molecular flexibility index (Phi) is 5.68. The summed E-state index contributed by atoms with van der Waals surface area (Å²) in [5.41, 5.74) is -0.201. The van der Waals surface area contributed by atoms with Crippen LogP contribution in [0.5, 0.6) is 5.75 Å². The van der Waals surface area contributed by atoms with Crippen molar-refractivity contribution in [1.29, 1.82) is 0 Å². The molecule has 0 saturated carbocycles. The number of nitrogens with one attached hydrogen (secondary N) is 1. The molecule has 160 valence electrons. The smallest absolute Gasteiger partial charge is 0.321 e. The van der Waals surface area contributed by atoms with E-state index in [0.717, 1.165) is 5.69 Å². The Balaban J connectivity index is 1.48. The molecule has 2 saturated heterocycles. The number of carbonyl (C=O) groups excluding carboxylic acids is 1. The molecular formula is C21H25N3O5S. The lowest BCUT2D eigenvalue weighted by Crippen LogP contribution is -2.56. The van der Waals surface area contributed by atoms with Crippen LogP contribution in [0.2, 0.25) is 0 Å². The fraction of sp³-hybridized carbons (Fsp3) is 0.381. The maximum absolute atomic E-state index is 13.3. The van der Waals surface area contributed by atoms with E-state index in [9.17, 15) is 13.2 Å². The summed E-state index contributed by atoms with van der Waals surface area (Å²) in [6.45, 7) is 1.43. The second-order valence-corrected chi connectivity index (χ2v) is 9.20. The second kappa shape index (κ2) is 8.25. The van der Waals surface area contributed by atoms with Gasteiger partial charge in [-0.1, -0.05) is 24.3 Å². The molecule has 0 unspecified atom stereocenters. The molecule has 30 heavy (non-hydrogen) atoms. The number of nitrogens with zero attached hydrogens (tertiary/aromatic N) is 2. The molecule has 0 radical (unpaired) electrons. The van der Waals surface area contributed by atoms with Crippen LogP contribution >= 0.6 is 0 Å². The number of urea groups is 1. The molecule has 2 aliphatic rings. The second-order valence-electron chi connectivity index (χ2n) is 7.33. The van der Waals surface area contributed by atoms with Crippen molar-refractivity contribution in [1.82, 2.24) is 9.21 Å². The lowest BCUT2D eigenvalue weighted by Gasteiger charge is -2.42. The molecule has 8 nitrogen and oxygen atoms in total. The zero-order valence-corrected chi connectivity index (χ0v) is 17.6. The number of carbonyl (C=O) groups is 1. The van der Waals surface area contributed by atoms with Crippen molar-refractivity contribution in [2.75, 3.05) is 38.7 Å². The van der Waals surface area contributed by atoms with Crippen molar-refractivity contribution in [3.8, 4) is 5.75 Å². The predicted octanol–water partition coefficient (Wildman–Crippen LogP) is 2.74. The topological polar surface area (TPSA) is 88.2 Å². The van der Waals surface area contributed by atoms with Crippen molar-refractivity contribution in [3.63, 3.8) is 0 Å². The molecule has 2 aliphatic heterocycles. The van der Waals surface area contributed by atoms with Crippen LogP contribution in [0.15, 0.2) is 59.5 Å². The number of piperidine rings is 1. The van der Waals surface area contributed by atoms with Gasteiger partial charge < -0.3 is 19.7 Å². The number of amides is 2. The number of hydrogen-bond acceptors (Lipinski definition) is 5. The first-order chi connectivity index (χ1) is 14.4. The van der Waals surface area contributed by atoms with E-state index in [1.807, 2.05) is 30.3 Å². The highest BCUT2D eigenvalue weighted by molar-refractivity contribution is 7.89. The van der Waals surface area contributed by atoms with E-state index >= 15 is 0 Å². The van der Waals surface area contributed by atoms with Crippen molar-refractivity contribution < 1.29 is 22.7 Å². The minimum Gasteiger partial charge on any atom is -0.497 e. The number of benzene rings is 2. The Morgan fingerprint density at radius 1 is 1.07 bits per heavy atom. The molecule has 2 fully saturated rings. The fourth-order valence-corrected chi connectivity index (χ4v) is 5.76. The largest absolute Gasteiger partial charge is 0.497 e. The monoisotopic (exact) mass is 431 g/mol. The first kappa shape index (κ1) is 20.6. The van der Waals surface area contributed by atoms with Gasteiger partial charge in [0.25, 0.3) is 0 Å². The van der Waals surface area contributed by atoms with E-state index in [0.29, 0.717) is 38.3 Å². The zero-order valence-electron chi connectivity index (χ0n) is 16.8. The fourth-order valence-electron chi connectivity index (χ4n) is 4.00. The van der Waals surface area contributed by atoms with E-state index < -0.39 is 15.7 Å². The Morgan fingerprint density at radius 2 is 1.80 bits per heavy atom. The number of sulfonamides is 1. The molecule has 0 atom stereocenters. The van der Waals surface area contributed by atoms with Crippen molar-refractivity contribution in [2.24, 2.45) is 0 Å². The normalized spacial score (nSPS) is 19.0. The molecule has 0 bridgehead atoms. The van der Waals surface area contributed by atoms with Crippen LogP contribution in [0.3, 0.4) is 0 Å². The summed E-state index contributed by atoms with van der Waals surface area (Å²) in [4.78, 5) is 14.4. The average molecular weight is 432 g/mol. The van der Waals surface area contributed by atoms with Crippen LogP contribution in [0.25, 0.3) is 0 Å². The molecule has 0 aromatic heterocycles. The molecule has 1 N–H and O–H groups in total. The van der Waals surface area contributed by atoms with Gasteiger partial charge in [-0.25, -0.2) is 13.2 Å². The molecule has 2 aromatic carbocycles. The Labute approximate surface area is 176 Å². The van der Waals surface area contributed by atoms with Crippen LogP contribution in [0.4, 0.5) is 10.5 Å². The zero-order chi connectivity index (χ0) is 21.2. The van der Waals surface area contributed by atoms with Crippen molar-refractivity contribution in [3.05, 3.63) is 54.6 Å². The van der Waals surface area contributed by atoms with E-state index in [2.05, 4.69) is 5.32 Å². The van der Waals surface area contributed by atoms with Crippen LogP contribution in [0, 0.1) is 0 Å². The quantitative estimate of drug-likeness (QED) is 0.804. The maximum atomic E-state index is 13.3. The summed E-state index contributed by atoms with van der Waals surface area (Å²) >= 11 is 0. The molecule has 1 spiro atoms. The third-order valence-electron chi connectivity index (χ3n) is 5.61. The van der Waals surface area contributed by atoms with Gasteiger partial charge in [0.15, 0.2) is 0 Å². The van der Waals surface area contributed by atoms with E-state index in [1.54, 1.807) is 23.1 Å². The van der Waals surface area contributed by atoms with Gasteiger partial charge >= 0.3 is 6.03 Å². The molecular weight excluding hydrogens is 406 g/mol. The minimum absolute atomic E-state index is 0.177. The first-order valence-corrected chi connectivity index (χ1v) is 11.3. The van der Waals surface area contributed by atoms with Crippen LogP contribution in [-0.2, 0) is 14.8 Å². The van der Waals surface area contributed by atoms with Crippen molar-refractivity contribution in [2.45, 2.75) is 23.5 Å². The number of anilines is 1. The Hall–Kier alpha value is -2.62. The molecule has 2 heterocycles. The lowest BCUT2D eigenvalue weighted by molar-refractivity contribution is -0.0840. The van der Waals surface area contributed by atoms with Gasteiger partial charge in [0.2, 0.25) is 10.0 Å². The SMILES string of the molecule is COc1cccc(S(=O)(=O)N2CCOC23CCN(C(=O)Nc2ccccc2)CC3)c1. The van der Waals surface area contributed by atoms with E-state index in [-0.39, 0.29) is 17.5 Å². The molecule has 4 rings (SSSR count). The lowest BCUT2D eigenvalue weighted by atomic mass is 10.0. The van der Waals surface area contributed by atoms with Gasteiger partial charge in [0.05, 0.1) is 18.6 Å². The summed E-state index contributed by atoms with van der Waals surface area (Å²) in [6.07, 6.45) is 0.830. The van der Waals surface area contributed by atoms with Gasteiger partial charge in [0, 0.05) is 44.2 Å². The van der Waals surface area contributed by atoms with E-state index in [1.165, 1.54) is 17.5 Å². The van der Waals surface area contributed by atoms with Crippen LogP contribution < -0.4 is 10.1 Å². The highest BCUT2D eigenvalue weighted by Crippen LogP contribution is 2.38. The molecule has 2 amide bonds. The number of methoxy groups -OCH3 is 1. The number of para-hydroxylation sites is 1. The highest BCUT2D eigenvalue weighted by Gasteiger charge is 2.51. The third kappa shape index (κ3) is 3.88. The molecule has 9 heteroatoms. The predicted molar refractivity (Wildman–Crippen MR) is 112 cm³/mol. The number of ether oxygens (including phenoxy) is 2. The third-order valence-corrected chi connectivity index (χ3v) is 7.55. The first-order valence-electron chi connectivity index (χ1n) is 9.86. The number of rotatable bonds is 4. The number of likely N-dealkylation sites (tertiary alicyclic amines) is 1. The van der Waals surface area contributed by atoms with Gasteiger partial charge in [-0.2, -0.15) is 4.31 Å². The molecule has 0 aliphatic carbocycles. The van der Waals surface area contributed by atoms with Gasteiger partial charge in [-0.15, -0.1) is 0 Å². The Bertz CT molecular complexity index is 1000. The van der Waals surface area contributed by atoms with Gasteiger partial charge in [0.1, 0.15) is 11.5 Å². The Morgan fingerprint density at radius 3 is 2.50 bits per heavy atom.